The Hall–Kier alpha value is -2.65. The van der Waals surface area contributed by atoms with E-state index in [-0.39, 0.29) is 0 Å². The second kappa shape index (κ2) is 6.69. The van der Waals surface area contributed by atoms with E-state index in [0.717, 1.165) is 47.0 Å². The number of thiophene rings is 1. The second-order valence-corrected chi connectivity index (χ2v) is 7.04. The van der Waals surface area contributed by atoms with Gasteiger partial charge in [0.1, 0.15) is 23.1 Å². The first-order valence-electron chi connectivity index (χ1n) is 8.50. The SMILES string of the molecule is CCOc1ccc(-c2ncnn2-c2sc3c(c2C#N)CCCC3)cc1. The van der Waals surface area contributed by atoms with Crippen LogP contribution in [0.3, 0.4) is 0 Å². The third kappa shape index (κ3) is 2.81. The molecule has 25 heavy (non-hydrogen) atoms. The average molecular weight is 350 g/mol. The van der Waals surface area contributed by atoms with Crippen molar-refractivity contribution in [2.75, 3.05) is 6.61 Å². The van der Waals surface area contributed by atoms with E-state index < -0.39 is 0 Å². The van der Waals surface area contributed by atoms with E-state index in [1.807, 2.05) is 31.2 Å². The van der Waals surface area contributed by atoms with Crippen LogP contribution in [0.5, 0.6) is 5.75 Å². The highest BCUT2D eigenvalue weighted by Crippen LogP contribution is 2.37. The van der Waals surface area contributed by atoms with Crippen molar-refractivity contribution in [3.63, 3.8) is 0 Å². The van der Waals surface area contributed by atoms with Crippen LogP contribution in [0.15, 0.2) is 30.6 Å². The molecule has 0 saturated carbocycles. The highest BCUT2D eigenvalue weighted by molar-refractivity contribution is 7.15. The van der Waals surface area contributed by atoms with Gasteiger partial charge in [0.25, 0.3) is 0 Å². The van der Waals surface area contributed by atoms with Crippen LogP contribution in [0.2, 0.25) is 0 Å². The maximum atomic E-state index is 9.70. The minimum atomic E-state index is 0.641. The van der Waals surface area contributed by atoms with Gasteiger partial charge in [-0.1, -0.05) is 0 Å². The summed E-state index contributed by atoms with van der Waals surface area (Å²) in [5.41, 5.74) is 2.93. The van der Waals surface area contributed by atoms with Gasteiger partial charge in [0, 0.05) is 10.4 Å². The molecule has 1 aliphatic carbocycles. The van der Waals surface area contributed by atoms with Gasteiger partial charge in [-0.2, -0.15) is 10.4 Å². The van der Waals surface area contributed by atoms with Crippen molar-refractivity contribution in [1.82, 2.24) is 14.8 Å². The van der Waals surface area contributed by atoms with E-state index >= 15 is 0 Å². The summed E-state index contributed by atoms with van der Waals surface area (Å²) in [5.74, 6) is 1.58. The standard InChI is InChI=1S/C19H18N4OS/c1-2-24-14-9-7-13(8-10-14)18-21-12-22-23(18)19-16(11-20)15-5-3-4-6-17(15)25-19/h7-10,12H,2-6H2,1H3. The maximum absolute atomic E-state index is 9.70. The molecule has 2 heterocycles. The Kier molecular flexibility index (Phi) is 4.24. The van der Waals surface area contributed by atoms with Crippen LogP contribution in [-0.4, -0.2) is 21.4 Å². The van der Waals surface area contributed by atoms with Crippen LogP contribution in [0.1, 0.15) is 35.8 Å². The molecular weight excluding hydrogens is 332 g/mol. The molecule has 1 aromatic carbocycles. The molecule has 0 unspecified atom stereocenters. The summed E-state index contributed by atoms with van der Waals surface area (Å²) in [6, 6.07) is 10.2. The molecule has 0 bridgehead atoms. The summed E-state index contributed by atoms with van der Waals surface area (Å²) >= 11 is 1.68. The molecule has 0 aliphatic heterocycles. The zero-order valence-electron chi connectivity index (χ0n) is 14.0. The lowest BCUT2D eigenvalue weighted by Crippen LogP contribution is -2.02. The average Bonchev–Trinajstić information content (AvgIpc) is 3.26. The molecule has 126 valence electrons. The van der Waals surface area contributed by atoms with Crippen molar-refractivity contribution in [1.29, 1.82) is 5.26 Å². The fourth-order valence-corrected chi connectivity index (χ4v) is 4.57. The number of hydrogen-bond donors (Lipinski definition) is 0. The van der Waals surface area contributed by atoms with E-state index in [9.17, 15) is 5.26 Å². The maximum Gasteiger partial charge on any atom is 0.164 e. The Morgan fingerprint density at radius 2 is 2.04 bits per heavy atom. The largest absolute Gasteiger partial charge is 0.494 e. The summed E-state index contributed by atoms with van der Waals surface area (Å²) in [7, 11) is 0. The molecule has 0 spiro atoms. The van der Waals surface area contributed by atoms with Crippen LogP contribution in [0, 0.1) is 11.3 Å². The molecule has 0 atom stereocenters. The summed E-state index contributed by atoms with van der Waals surface area (Å²) in [6.07, 6.45) is 5.94. The number of rotatable bonds is 4. The second-order valence-electron chi connectivity index (χ2n) is 5.96. The number of aryl methyl sites for hydroxylation is 1. The van der Waals surface area contributed by atoms with Crippen LogP contribution in [-0.2, 0) is 12.8 Å². The molecule has 1 aliphatic rings. The summed E-state index contributed by atoms with van der Waals surface area (Å²) in [4.78, 5) is 5.75. The summed E-state index contributed by atoms with van der Waals surface area (Å²) in [6.45, 7) is 2.61. The quantitative estimate of drug-likeness (QED) is 0.709. The lowest BCUT2D eigenvalue weighted by Gasteiger charge is -2.09. The lowest BCUT2D eigenvalue weighted by molar-refractivity contribution is 0.340. The molecule has 0 N–H and O–H groups in total. The van der Waals surface area contributed by atoms with Crippen LogP contribution in [0.25, 0.3) is 16.4 Å². The Labute approximate surface area is 150 Å². The zero-order chi connectivity index (χ0) is 17.2. The fraction of sp³-hybridized carbons (Fsp3) is 0.316. The Bertz CT molecular complexity index is 933. The number of fused-ring (bicyclic) bond motifs is 1. The van der Waals surface area contributed by atoms with Gasteiger partial charge >= 0.3 is 0 Å². The predicted molar refractivity (Wildman–Crippen MR) is 97.2 cm³/mol. The molecule has 5 nitrogen and oxygen atoms in total. The van der Waals surface area contributed by atoms with Crippen molar-refractivity contribution in [2.24, 2.45) is 0 Å². The van der Waals surface area contributed by atoms with Gasteiger partial charge in [-0.15, -0.1) is 11.3 Å². The minimum absolute atomic E-state index is 0.641. The molecule has 0 fully saturated rings. The Morgan fingerprint density at radius 3 is 2.80 bits per heavy atom. The number of benzene rings is 1. The normalized spacial score (nSPS) is 13.3. The van der Waals surface area contributed by atoms with Crippen molar-refractivity contribution in [3.8, 4) is 28.2 Å². The molecular formula is C19H18N4OS. The first-order valence-corrected chi connectivity index (χ1v) is 9.31. The van der Waals surface area contributed by atoms with Crippen molar-refractivity contribution >= 4 is 11.3 Å². The van der Waals surface area contributed by atoms with Gasteiger partial charge in [-0.25, -0.2) is 9.67 Å². The lowest BCUT2D eigenvalue weighted by atomic mass is 9.96. The first-order chi connectivity index (χ1) is 12.3. The summed E-state index contributed by atoms with van der Waals surface area (Å²) < 4.78 is 7.30. The monoisotopic (exact) mass is 350 g/mol. The number of ether oxygens (including phenoxy) is 1. The Morgan fingerprint density at radius 1 is 1.24 bits per heavy atom. The van der Waals surface area contributed by atoms with E-state index in [0.29, 0.717) is 6.61 Å². The van der Waals surface area contributed by atoms with Crippen LogP contribution < -0.4 is 4.74 Å². The number of aromatic nitrogens is 3. The first kappa shape index (κ1) is 15.9. The molecule has 0 saturated heterocycles. The highest BCUT2D eigenvalue weighted by atomic mass is 32.1. The molecule has 6 heteroatoms. The van der Waals surface area contributed by atoms with E-state index in [2.05, 4.69) is 16.2 Å². The smallest absolute Gasteiger partial charge is 0.164 e. The molecule has 0 amide bonds. The van der Waals surface area contributed by atoms with Crippen molar-refractivity contribution < 1.29 is 4.74 Å². The summed E-state index contributed by atoms with van der Waals surface area (Å²) in [5, 5.41) is 15.0. The van der Waals surface area contributed by atoms with Gasteiger partial charge in [0.2, 0.25) is 0 Å². The zero-order valence-corrected chi connectivity index (χ0v) is 14.8. The highest BCUT2D eigenvalue weighted by Gasteiger charge is 2.23. The molecule has 3 aromatic rings. The van der Waals surface area contributed by atoms with E-state index in [4.69, 9.17) is 4.74 Å². The van der Waals surface area contributed by atoms with Gasteiger partial charge in [-0.3, -0.25) is 0 Å². The number of nitrogens with zero attached hydrogens (tertiary/aromatic N) is 4. The third-order valence-corrected chi connectivity index (χ3v) is 5.70. The fourth-order valence-electron chi connectivity index (χ4n) is 3.27. The van der Waals surface area contributed by atoms with Gasteiger partial charge < -0.3 is 4.74 Å². The van der Waals surface area contributed by atoms with Crippen LogP contribution >= 0.6 is 11.3 Å². The van der Waals surface area contributed by atoms with Crippen molar-refractivity contribution in [2.45, 2.75) is 32.6 Å². The molecule has 2 aromatic heterocycles. The van der Waals surface area contributed by atoms with E-state index in [1.54, 1.807) is 22.3 Å². The minimum Gasteiger partial charge on any atom is -0.494 e. The van der Waals surface area contributed by atoms with Gasteiger partial charge in [0.05, 0.1) is 12.2 Å². The topological polar surface area (TPSA) is 63.7 Å². The van der Waals surface area contributed by atoms with Crippen LogP contribution in [0.4, 0.5) is 0 Å². The Balaban J connectivity index is 1.78. The third-order valence-electron chi connectivity index (χ3n) is 4.43. The number of nitriles is 1. The van der Waals surface area contributed by atoms with Gasteiger partial charge in [0.15, 0.2) is 5.82 Å². The van der Waals surface area contributed by atoms with Gasteiger partial charge in [-0.05, 0) is 62.4 Å². The predicted octanol–water partition coefficient (Wildman–Crippen LogP) is 4.14. The van der Waals surface area contributed by atoms with E-state index in [1.165, 1.54) is 16.9 Å². The molecule has 4 rings (SSSR count). The molecule has 0 radical (unpaired) electrons. The van der Waals surface area contributed by atoms with Crippen molar-refractivity contribution in [3.05, 3.63) is 46.6 Å². The number of hydrogen-bond acceptors (Lipinski definition) is 5.